The number of carbonyl (C=O) groups excluding carboxylic acids is 1. The van der Waals surface area contributed by atoms with Gasteiger partial charge in [0.25, 0.3) is 0 Å². The summed E-state index contributed by atoms with van der Waals surface area (Å²) < 4.78 is 10.6. The van der Waals surface area contributed by atoms with E-state index in [4.69, 9.17) is 15.2 Å². The molecule has 1 aromatic rings. The van der Waals surface area contributed by atoms with Gasteiger partial charge in [-0.3, -0.25) is 4.79 Å². The average molecular weight is 294 g/mol. The Bertz CT molecular complexity index is 406. The zero-order chi connectivity index (χ0) is 15.5. The number of nitrogens with one attached hydrogen (secondary N) is 1. The van der Waals surface area contributed by atoms with Gasteiger partial charge in [0.1, 0.15) is 5.75 Å². The van der Waals surface area contributed by atoms with Gasteiger partial charge in [0.05, 0.1) is 13.2 Å². The Hall–Kier alpha value is -1.59. The highest BCUT2D eigenvalue weighted by Gasteiger charge is 2.05. The van der Waals surface area contributed by atoms with Gasteiger partial charge in [-0.25, -0.2) is 0 Å². The van der Waals surface area contributed by atoms with Gasteiger partial charge in [0.15, 0.2) is 0 Å². The molecule has 1 atom stereocenters. The maximum absolute atomic E-state index is 11.5. The molecule has 0 fully saturated rings. The minimum atomic E-state index is 0.0199. The summed E-state index contributed by atoms with van der Waals surface area (Å²) in [4.78, 5) is 11.5. The molecule has 0 saturated heterocycles. The van der Waals surface area contributed by atoms with E-state index in [2.05, 4.69) is 5.32 Å². The van der Waals surface area contributed by atoms with Crippen LogP contribution in [0.15, 0.2) is 24.3 Å². The average Bonchev–Trinajstić information content (AvgIpc) is 2.50. The van der Waals surface area contributed by atoms with E-state index >= 15 is 0 Å². The number of amides is 1. The third-order valence-corrected chi connectivity index (χ3v) is 3.10. The van der Waals surface area contributed by atoms with Crippen LogP contribution in [0.2, 0.25) is 0 Å². The topological polar surface area (TPSA) is 73.6 Å². The predicted octanol–water partition coefficient (Wildman–Crippen LogP) is 1.50. The highest BCUT2D eigenvalue weighted by Crippen LogP contribution is 2.13. The first-order chi connectivity index (χ1) is 10.2. The van der Waals surface area contributed by atoms with Gasteiger partial charge in [0.2, 0.25) is 5.91 Å². The number of benzene rings is 1. The normalized spacial score (nSPS) is 12.0. The molecular weight excluding hydrogens is 268 g/mol. The minimum Gasteiger partial charge on any atom is -0.494 e. The van der Waals surface area contributed by atoms with E-state index in [0.29, 0.717) is 26.0 Å². The molecule has 0 heterocycles. The third-order valence-electron chi connectivity index (χ3n) is 3.10. The van der Waals surface area contributed by atoms with Crippen LogP contribution in [0.5, 0.6) is 5.75 Å². The van der Waals surface area contributed by atoms with Crippen molar-refractivity contribution in [2.75, 3.05) is 26.9 Å². The molecule has 0 bridgehead atoms. The quantitative estimate of drug-likeness (QED) is 0.641. The van der Waals surface area contributed by atoms with Crippen molar-refractivity contribution >= 4 is 5.91 Å². The van der Waals surface area contributed by atoms with Gasteiger partial charge in [-0.05, 0) is 37.5 Å². The Kier molecular flexibility index (Phi) is 8.47. The molecule has 0 unspecified atom stereocenters. The summed E-state index contributed by atoms with van der Waals surface area (Å²) in [5, 5.41) is 2.82. The van der Waals surface area contributed by atoms with Crippen molar-refractivity contribution in [1.29, 1.82) is 0 Å². The van der Waals surface area contributed by atoms with Crippen molar-refractivity contribution in [3.63, 3.8) is 0 Å². The molecule has 1 amide bonds. The fourth-order valence-electron chi connectivity index (χ4n) is 1.80. The smallest absolute Gasteiger partial charge is 0.220 e. The van der Waals surface area contributed by atoms with Crippen LogP contribution in [0.1, 0.15) is 25.3 Å². The van der Waals surface area contributed by atoms with Crippen molar-refractivity contribution in [2.45, 2.75) is 32.2 Å². The molecule has 3 N–H and O–H groups in total. The van der Waals surface area contributed by atoms with Gasteiger partial charge >= 0.3 is 0 Å². The van der Waals surface area contributed by atoms with E-state index in [9.17, 15) is 4.79 Å². The Balaban J connectivity index is 2.19. The molecule has 118 valence electrons. The van der Waals surface area contributed by atoms with E-state index in [0.717, 1.165) is 18.8 Å². The molecule has 0 spiro atoms. The number of nitrogens with two attached hydrogens (primary N) is 1. The molecule has 0 aliphatic heterocycles. The van der Waals surface area contributed by atoms with E-state index < -0.39 is 0 Å². The third kappa shape index (κ3) is 7.68. The predicted molar refractivity (Wildman–Crippen MR) is 83.4 cm³/mol. The van der Waals surface area contributed by atoms with Crippen molar-refractivity contribution in [3.8, 4) is 5.75 Å². The van der Waals surface area contributed by atoms with Crippen LogP contribution < -0.4 is 15.8 Å². The van der Waals surface area contributed by atoms with Gasteiger partial charge in [-0.1, -0.05) is 12.1 Å². The van der Waals surface area contributed by atoms with Crippen molar-refractivity contribution in [1.82, 2.24) is 5.32 Å². The highest BCUT2D eigenvalue weighted by molar-refractivity contribution is 5.76. The van der Waals surface area contributed by atoms with E-state index in [1.807, 2.05) is 31.2 Å². The van der Waals surface area contributed by atoms with Crippen LogP contribution in [0.4, 0.5) is 0 Å². The number of carbonyl (C=O) groups is 1. The molecule has 0 radical (unpaired) electrons. The Morgan fingerprint density at radius 1 is 1.29 bits per heavy atom. The summed E-state index contributed by atoms with van der Waals surface area (Å²) in [7, 11) is 1.70. The lowest BCUT2D eigenvalue weighted by molar-refractivity contribution is -0.121. The molecule has 0 aromatic heterocycles. The second-order valence-corrected chi connectivity index (χ2v) is 5.04. The molecule has 0 aliphatic rings. The number of hydrogen-bond acceptors (Lipinski definition) is 4. The Morgan fingerprint density at radius 3 is 2.62 bits per heavy atom. The van der Waals surface area contributed by atoms with Crippen LogP contribution in [-0.2, 0) is 16.0 Å². The minimum absolute atomic E-state index is 0.0199. The lowest BCUT2D eigenvalue weighted by Gasteiger charge is -2.11. The van der Waals surface area contributed by atoms with Crippen LogP contribution >= 0.6 is 0 Å². The largest absolute Gasteiger partial charge is 0.494 e. The summed E-state index contributed by atoms with van der Waals surface area (Å²) in [6.07, 6.45) is 2.04. The highest BCUT2D eigenvalue weighted by atomic mass is 16.5. The first kappa shape index (κ1) is 17.5. The molecule has 1 rings (SSSR count). The number of ether oxygens (including phenoxy) is 2. The monoisotopic (exact) mass is 294 g/mol. The molecular formula is C16H26N2O3. The number of hydrogen-bond donors (Lipinski definition) is 2. The van der Waals surface area contributed by atoms with Crippen LogP contribution in [0.3, 0.4) is 0 Å². The summed E-state index contributed by atoms with van der Waals surface area (Å²) in [6.45, 7) is 3.59. The number of rotatable bonds is 10. The molecule has 21 heavy (non-hydrogen) atoms. The second kappa shape index (κ2) is 10.2. The maximum Gasteiger partial charge on any atom is 0.220 e. The van der Waals surface area contributed by atoms with Gasteiger partial charge < -0.3 is 20.5 Å². The fraction of sp³-hybridized carbons (Fsp3) is 0.562. The second-order valence-electron chi connectivity index (χ2n) is 5.04. The van der Waals surface area contributed by atoms with Crippen molar-refractivity contribution < 1.29 is 14.3 Å². The summed E-state index contributed by atoms with van der Waals surface area (Å²) in [6, 6.07) is 7.98. The van der Waals surface area contributed by atoms with Crippen molar-refractivity contribution in [3.05, 3.63) is 29.8 Å². The van der Waals surface area contributed by atoms with Gasteiger partial charge in [-0.2, -0.15) is 0 Å². The van der Waals surface area contributed by atoms with Crippen LogP contribution in [0, 0.1) is 0 Å². The zero-order valence-electron chi connectivity index (χ0n) is 12.9. The molecule has 0 aliphatic carbocycles. The summed E-state index contributed by atoms with van der Waals surface area (Å²) >= 11 is 0. The van der Waals surface area contributed by atoms with Gasteiger partial charge in [0, 0.05) is 26.1 Å². The Morgan fingerprint density at radius 2 is 2.00 bits per heavy atom. The van der Waals surface area contributed by atoms with Gasteiger partial charge in [-0.15, -0.1) is 0 Å². The van der Waals surface area contributed by atoms with Crippen molar-refractivity contribution in [2.24, 2.45) is 5.73 Å². The summed E-state index contributed by atoms with van der Waals surface area (Å²) in [5.41, 5.74) is 6.67. The summed E-state index contributed by atoms with van der Waals surface area (Å²) in [5.74, 6) is 0.846. The zero-order valence-corrected chi connectivity index (χ0v) is 12.9. The Labute approximate surface area is 126 Å². The fourth-order valence-corrected chi connectivity index (χ4v) is 1.80. The van der Waals surface area contributed by atoms with Crippen LogP contribution in [0.25, 0.3) is 0 Å². The molecule has 0 saturated carbocycles. The van der Waals surface area contributed by atoms with E-state index in [1.165, 1.54) is 5.56 Å². The first-order valence-electron chi connectivity index (χ1n) is 7.35. The maximum atomic E-state index is 11.5. The first-order valence-corrected chi connectivity index (χ1v) is 7.35. The van der Waals surface area contributed by atoms with Crippen LogP contribution in [-0.4, -0.2) is 38.8 Å². The molecule has 5 heteroatoms. The lowest BCUT2D eigenvalue weighted by Crippen LogP contribution is -2.37. The SMILES string of the molecule is COCCc1ccc(OCCCC(=O)N[C@@H](C)CN)cc1. The van der Waals surface area contributed by atoms with E-state index in [1.54, 1.807) is 7.11 Å². The number of methoxy groups -OCH3 is 1. The standard InChI is InChI=1S/C16H26N2O3/c1-13(12-17)18-16(19)4-3-10-21-15-7-5-14(6-8-15)9-11-20-2/h5-8,13H,3-4,9-12,17H2,1-2H3,(H,18,19)/t13-/m0/s1. The molecule has 1 aromatic carbocycles. The lowest BCUT2D eigenvalue weighted by atomic mass is 10.1. The van der Waals surface area contributed by atoms with E-state index in [-0.39, 0.29) is 11.9 Å². The molecule has 5 nitrogen and oxygen atoms in total.